The van der Waals surface area contributed by atoms with Gasteiger partial charge in [0.05, 0.1) is 42.4 Å². The SMILES string of the molecule is CCOC(=O)C1=C(C)NC(C)=C(C(=O)OCC)C1c1ccc(-c2ccc(OC)c(Cl)c2)o1. The lowest BCUT2D eigenvalue weighted by Gasteiger charge is -2.28. The minimum Gasteiger partial charge on any atom is -0.495 e. The fourth-order valence-corrected chi connectivity index (χ4v) is 3.98. The summed E-state index contributed by atoms with van der Waals surface area (Å²) < 4.78 is 21.9. The second-order valence-electron chi connectivity index (χ2n) is 7.13. The summed E-state index contributed by atoms with van der Waals surface area (Å²) in [5.41, 5.74) is 2.50. The van der Waals surface area contributed by atoms with Crippen LogP contribution in [0.3, 0.4) is 0 Å². The van der Waals surface area contributed by atoms with E-state index >= 15 is 0 Å². The summed E-state index contributed by atoms with van der Waals surface area (Å²) in [6.45, 7) is 7.38. The van der Waals surface area contributed by atoms with E-state index < -0.39 is 17.9 Å². The zero-order valence-electron chi connectivity index (χ0n) is 18.7. The molecule has 1 aliphatic heterocycles. The minimum absolute atomic E-state index is 0.202. The summed E-state index contributed by atoms with van der Waals surface area (Å²) in [7, 11) is 1.54. The lowest BCUT2D eigenvalue weighted by Crippen LogP contribution is -2.32. The second kappa shape index (κ2) is 9.96. The van der Waals surface area contributed by atoms with Gasteiger partial charge in [-0.05, 0) is 58.0 Å². The summed E-state index contributed by atoms with van der Waals surface area (Å²) >= 11 is 6.26. The third kappa shape index (κ3) is 4.53. The first-order chi connectivity index (χ1) is 15.3. The van der Waals surface area contributed by atoms with Crippen LogP contribution in [-0.2, 0) is 19.1 Å². The van der Waals surface area contributed by atoms with Gasteiger partial charge in [-0.15, -0.1) is 0 Å². The van der Waals surface area contributed by atoms with Crippen LogP contribution in [0.1, 0.15) is 39.4 Å². The highest BCUT2D eigenvalue weighted by atomic mass is 35.5. The van der Waals surface area contributed by atoms with E-state index in [1.807, 2.05) is 6.07 Å². The molecule has 8 heteroatoms. The monoisotopic (exact) mass is 459 g/mol. The predicted molar refractivity (Wildman–Crippen MR) is 120 cm³/mol. The maximum atomic E-state index is 12.8. The lowest BCUT2D eigenvalue weighted by molar-refractivity contribution is -0.139. The van der Waals surface area contributed by atoms with Gasteiger partial charge in [-0.3, -0.25) is 0 Å². The van der Waals surface area contributed by atoms with E-state index in [1.165, 1.54) is 0 Å². The average molecular weight is 460 g/mol. The van der Waals surface area contributed by atoms with Crippen molar-refractivity contribution in [3.05, 3.63) is 63.7 Å². The highest BCUT2D eigenvalue weighted by molar-refractivity contribution is 6.32. The summed E-state index contributed by atoms with van der Waals surface area (Å²) in [5.74, 6) is -0.337. The third-order valence-electron chi connectivity index (χ3n) is 5.10. The van der Waals surface area contributed by atoms with Gasteiger partial charge in [0.2, 0.25) is 0 Å². The van der Waals surface area contributed by atoms with Crippen LogP contribution in [-0.4, -0.2) is 32.3 Å². The molecule has 0 spiro atoms. The highest BCUT2D eigenvalue weighted by Crippen LogP contribution is 2.41. The van der Waals surface area contributed by atoms with Gasteiger partial charge >= 0.3 is 11.9 Å². The van der Waals surface area contributed by atoms with E-state index in [2.05, 4.69) is 5.32 Å². The van der Waals surface area contributed by atoms with Crippen molar-refractivity contribution >= 4 is 23.5 Å². The summed E-state index contributed by atoms with van der Waals surface area (Å²) in [6, 6.07) is 8.79. The molecular formula is C24H26ClNO6. The number of hydrogen-bond donors (Lipinski definition) is 1. The molecular weight excluding hydrogens is 434 g/mol. The molecule has 0 saturated carbocycles. The zero-order chi connectivity index (χ0) is 23.4. The number of nitrogens with one attached hydrogen (secondary N) is 1. The van der Waals surface area contributed by atoms with E-state index in [0.717, 1.165) is 5.56 Å². The largest absolute Gasteiger partial charge is 0.495 e. The number of methoxy groups -OCH3 is 1. The molecule has 7 nitrogen and oxygen atoms in total. The fraction of sp³-hybridized carbons (Fsp3) is 0.333. The quantitative estimate of drug-likeness (QED) is 0.585. The fourth-order valence-electron chi connectivity index (χ4n) is 3.72. The van der Waals surface area contributed by atoms with Gasteiger partial charge < -0.3 is 23.9 Å². The topological polar surface area (TPSA) is 87.0 Å². The van der Waals surface area contributed by atoms with Gasteiger partial charge in [-0.1, -0.05) is 11.6 Å². The van der Waals surface area contributed by atoms with Crippen LogP contribution in [0.15, 0.2) is 57.3 Å². The minimum atomic E-state index is -0.781. The number of furan rings is 1. The molecule has 0 aliphatic carbocycles. The highest BCUT2D eigenvalue weighted by Gasteiger charge is 2.39. The van der Waals surface area contributed by atoms with E-state index in [9.17, 15) is 9.59 Å². The smallest absolute Gasteiger partial charge is 0.336 e. The maximum absolute atomic E-state index is 12.8. The van der Waals surface area contributed by atoms with Crippen molar-refractivity contribution in [3.8, 4) is 17.1 Å². The van der Waals surface area contributed by atoms with Crippen molar-refractivity contribution in [2.45, 2.75) is 33.6 Å². The number of dihydropyridines is 1. The summed E-state index contributed by atoms with van der Waals surface area (Å²) in [6.07, 6.45) is 0. The average Bonchev–Trinajstić information content (AvgIpc) is 3.23. The van der Waals surface area contributed by atoms with E-state index in [4.69, 9.17) is 30.2 Å². The van der Waals surface area contributed by atoms with Crippen molar-refractivity contribution in [2.75, 3.05) is 20.3 Å². The Bertz CT molecular complexity index is 1060. The van der Waals surface area contributed by atoms with Crippen molar-refractivity contribution in [1.29, 1.82) is 0 Å². The van der Waals surface area contributed by atoms with Crippen LogP contribution in [0, 0.1) is 0 Å². The van der Waals surface area contributed by atoms with Crippen molar-refractivity contribution in [1.82, 2.24) is 5.32 Å². The number of rotatable bonds is 7. The molecule has 170 valence electrons. The normalized spacial score (nSPS) is 14.3. The molecule has 1 aromatic heterocycles. The molecule has 1 aromatic carbocycles. The second-order valence-corrected chi connectivity index (χ2v) is 7.53. The van der Waals surface area contributed by atoms with E-state index in [-0.39, 0.29) is 13.2 Å². The lowest BCUT2D eigenvalue weighted by atomic mass is 9.83. The number of hydrogen-bond acceptors (Lipinski definition) is 7. The molecule has 0 radical (unpaired) electrons. The Labute approximate surface area is 192 Å². The van der Waals surface area contributed by atoms with Gasteiger partial charge in [0.15, 0.2) is 0 Å². The number of benzene rings is 1. The summed E-state index contributed by atoms with van der Waals surface area (Å²) in [4.78, 5) is 25.7. The van der Waals surface area contributed by atoms with Crippen LogP contribution in [0.25, 0.3) is 11.3 Å². The standard InChI is InChI=1S/C24H26ClNO6/c1-6-30-23(27)20-13(3)26-14(4)21(24(28)31-7-2)22(20)19-11-10-17(32-19)15-8-9-18(29-5)16(25)12-15/h8-12,22,26H,6-7H2,1-5H3. The number of ether oxygens (including phenoxy) is 3. The Balaban J connectivity index is 2.11. The van der Waals surface area contributed by atoms with Gasteiger partial charge in [0.25, 0.3) is 0 Å². The third-order valence-corrected chi connectivity index (χ3v) is 5.39. The van der Waals surface area contributed by atoms with Crippen LogP contribution in [0.5, 0.6) is 5.75 Å². The molecule has 0 fully saturated rings. The number of carbonyl (C=O) groups excluding carboxylic acids is 2. The number of carbonyl (C=O) groups is 2. The van der Waals surface area contributed by atoms with Gasteiger partial charge in [-0.25, -0.2) is 9.59 Å². The molecule has 0 amide bonds. The van der Waals surface area contributed by atoms with Gasteiger partial charge in [0, 0.05) is 17.0 Å². The van der Waals surface area contributed by atoms with E-state index in [0.29, 0.717) is 44.8 Å². The first-order valence-corrected chi connectivity index (χ1v) is 10.7. The Morgan fingerprint density at radius 3 is 2.09 bits per heavy atom. The number of allylic oxidation sites excluding steroid dienone is 2. The Morgan fingerprint density at radius 1 is 1.00 bits per heavy atom. The van der Waals surface area contributed by atoms with Crippen LogP contribution in [0.2, 0.25) is 5.02 Å². The Morgan fingerprint density at radius 2 is 1.59 bits per heavy atom. The Kier molecular flexibility index (Phi) is 7.30. The van der Waals surface area contributed by atoms with E-state index in [1.54, 1.807) is 59.1 Å². The molecule has 0 bridgehead atoms. The molecule has 2 aromatic rings. The van der Waals surface area contributed by atoms with Crippen molar-refractivity contribution < 1.29 is 28.2 Å². The first-order valence-electron chi connectivity index (χ1n) is 10.3. The molecule has 1 N–H and O–H groups in total. The van der Waals surface area contributed by atoms with Gasteiger partial charge in [0.1, 0.15) is 17.3 Å². The van der Waals surface area contributed by atoms with Crippen LogP contribution in [0.4, 0.5) is 0 Å². The zero-order valence-corrected chi connectivity index (χ0v) is 19.5. The van der Waals surface area contributed by atoms with Crippen LogP contribution >= 0.6 is 11.6 Å². The molecule has 2 heterocycles. The molecule has 0 saturated heterocycles. The first kappa shape index (κ1) is 23.5. The Hall–Kier alpha value is -3.19. The van der Waals surface area contributed by atoms with Crippen molar-refractivity contribution in [3.63, 3.8) is 0 Å². The summed E-state index contributed by atoms with van der Waals surface area (Å²) in [5, 5.41) is 3.54. The molecule has 32 heavy (non-hydrogen) atoms. The van der Waals surface area contributed by atoms with Crippen molar-refractivity contribution in [2.24, 2.45) is 0 Å². The molecule has 0 unspecified atom stereocenters. The number of halogens is 1. The number of esters is 2. The maximum Gasteiger partial charge on any atom is 0.336 e. The molecule has 0 atom stereocenters. The molecule has 3 rings (SSSR count). The van der Waals surface area contributed by atoms with Crippen LogP contribution < -0.4 is 10.1 Å². The van der Waals surface area contributed by atoms with Gasteiger partial charge in [-0.2, -0.15) is 0 Å². The molecule has 1 aliphatic rings. The predicted octanol–water partition coefficient (Wildman–Crippen LogP) is 4.97.